The number of benzene rings is 2. The van der Waals surface area contributed by atoms with Crippen molar-refractivity contribution in [1.82, 2.24) is 4.90 Å². The zero-order valence-electron chi connectivity index (χ0n) is 13.8. The van der Waals surface area contributed by atoms with Gasteiger partial charge in [0.05, 0.1) is 11.7 Å². The number of amides is 2. The second-order valence-electron chi connectivity index (χ2n) is 5.84. The minimum absolute atomic E-state index is 0.0421. The van der Waals surface area contributed by atoms with Crippen LogP contribution in [0.1, 0.15) is 17.3 Å². The molecule has 1 fully saturated rings. The predicted molar refractivity (Wildman–Crippen MR) is 97.5 cm³/mol. The molecule has 1 aliphatic rings. The van der Waals surface area contributed by atoms with E-state index >= 15 is 0 Å². The Kier molecular flexibility index (Phi) is 4.90. The van der Waals surface area contributed by atoms with E-state index in [1.54, 1.807) is 28.8 Å². The van der Waals surface area contributed by atoms with Crippen molar-refractivity contribution in [2.24, 2.45) is 0 Å². The van der Waals surface area contributed by atoms with Gasteiger partial charge in [0, 0.05) is 17.0 Å². The summed E-state index contributed by atoms with van der Waals surface area (Å²) in [6.45, 7) is 2.63. The Morgan fingerprint density at radius 3 is 2.42 bits per heavy atom. The van der Waals surface area contributed by atoms with Crippen molar-refractivity contribution in [3.63, 3.8) is 0 Å². The van der Waals surface area contributed by atoms with E-state index in [0.717, 1.165) is 10.6 Å². The molecule has 1 aliphatic heterocycles. The molecule has 1 atom stereocenters. The Morgan fingerprint density at radius 2 is 1.75 bits per heavy atom. The lowest BCUT2D eigenvalue weighted by atomic mass is 10.1. The normalized spacial score (nSPS) is 17.9. The molecule has 2 amide bonds. The number of nitrogens with zero attached hydrogens (tertiary/aromatic N) is 2. The average Bonchev–Trinajstić information content (AvgIpc) is 2.61. The Morgan fingerprint density at radius 1 is 1.08 bits per heavy atom. The summed E-state index contributed by atoms with van der Waals surface area (Å²) in [5.74, 6) is -0.131. The van der Waals surface area contributed by atoms with Gasteiger partial charge in [0.2, 0.25) is 5.91 Å². The number of hydrogen-bond acceptors (Lipinski definition) is 3. The Balaban J connectivity index is 1.82. The molecule has 1 saturated heterocycles. The number of carbonyl (C=O) groups is 2. The summed E-state index contributed by atoms with van der Waals surface area (Å²) >= 11 is 1.62. The summed E-state index contributed by atoms with van der Waals surface area (Å²) in [4.78, 5) is 29.9. The number of hydrogen-bond donors (Lipinski definition) is 0. The monoisotopic (exact) mass is 340 g/mol. The molecule has 0 spiro atoms. The molecule has 24 heavy (non-hydrogen) atoms. The van der Waals surface area contributed by atoms with E-state index in [-0.39, 0.29) is 24.4 Å². The lowest BCUT2D eigenvalue weighted by Gasteiger charge is -2.40. The lowest BCUT2D eigenvalue weighted by molar-refractivity contribution is -0.121. The molecule has 0 saturated carbocycles. The fourth-order valence-electron chi connectivity index (χ4n) is 3.07. The van der Waals surface area contributed by atoms with Gasteiger partial charge < -0.3 is 9.80 Å². The molecule has 0 aromatic heterocycles. The maximum absolute atomic E-state index is 12.7. The standard InChI is InChI=1S/C19H20N2O2S/c1-14-12-20(19(23)15-8-4-3-5-9-15)13-18(22)21(14)16-10-6-7-11-17(16)24-2/h3-11,14H,12-13H2,1-2H3. The molecule has 5 heteroatoms. The van der Waals surface area contributed by atoms with Crippen LogP contribution in [0, 0.1) is 0 Å². The number of para-hydroxylation sites is 1. The first-order valence-corrected chi connectivity index (χ1v) is 9.13. The van der Waals surface area contributed by atoms with Crippen LogP contribution in [0.25, 0.3) is 0 Å². The summed E-state index contributed by atoms with van der Waals surface area (Å²) in [6.07, 6.45) is 2.00. The maximum atomic E-state index is 12.7. The van der Waals surface area contributed by atoms with Gasteiger partial charge in [-0.2, -0.15) is 0 Å². The Labute approximate surface area is 146 Å². The topological polar surface area (TPSA) is 40.6 Å². The van der Waals surface area contributed by atoms with Crippen LogP contribution in [-0.4, -0.2) is 42.1 Å². The van der Waals surface area contributed by atoms with Gasteiger partial charge in [-0.25, -0.2) is 0 Å². The van der Waals surface area contributed by atoms with Crippen molar-refractivity contribution in [3.05, 3.63) is 60.2 Å². The zero-order valence-corrected chi connectivity index (χ0v) is 14.6. The zero-order chi connectivity index (χ0) is 17.1. The van der Waals surface area contributed by atoms with Gasteiger partial charge in [0.1, 0.15) is 6.54 Å². The lowest BCUT2D eigenvalue weighted by Crippen LogP contribution is -2.57. The molecule has 0 radical (unpaired) electrons. The van der Waals surface area contributed by atoms with Gasteiger partial charge in [-0.05, 0) is 37.4 Å². The van der Waals surface area contributed by atoms with Crippen molar-refractivity contribution in [2.75, 3.05) is 24.2 Å². The SMILES string of the molecule is CSc1ccccc1N1C(=O)CN(C(=O)c2ccccc2)CC1C. The van der Waals surface area contributed by atoms with E-state index in [0.29, 0.717) is 12.1 Å². The van der Waals surface area contributed by atoms with Crippen molar-refractivity contribution < 1.29 is 9.59 Å². The number of thioether (sulfide) groups is 1. The molecule has 4 nitrogen and oxygen atoms in total. The van der Waals surface area contributed by atoms with Gasteiger partial charge in [-0.15, -0.1) is 11.8 Å². The van der Waals surface area contributed by atoms with Crippen molar-refractivity contribution >= 4 is 29.3 Å². The molecule has 0 bridgehead atoms. The molecule has 0 N–H and O–H groups in total. The molecule has 2 aromatic rings. The van der Waals surface area contributed by atoms with E-state index in [2.05, 4.69) is 0 Å². The van der Waals surface area contributed by atoms with Crippen LogP contribution in [0.2, 0.25) is 0 Å². The van der Waals surface area contributed by atoms with Crippen LogP contribution < -0.4 is 4.90 Å². The quantitative estimate of drug-likeness (QED) is 0.805. The molecule has 1 heterocycles. The van der Waals surface area contributed by atoms with Gasteiger partial charge in [-0.3, -0.25) is 9.59 Å². The van der Waals surface area contributed by atoms with Crippen LogP contribution >= 0.6 is 11.8 Å². The highest BCUT2D eigenvalue weighted by molar-refractivity contribution is 7.98. The third kappa shape index (κ3) is 3.17. The van der Waals surface area contributed by atoms with Crippen molar-refractivity contribution in [1.29, 1.82) is 0 Å². The summed E-state index contributed by atoms with van der Waals surface area (Å²) in [5.41, 5.74) is 1.55. The van der Waals surface area contributed by atoms with E-state index in [1.165, 1.54) is 0 Å². The first-order valence-electron chi connectivity index (χ1n) is 7.91. The summed E-state index contributed by atoms with van der Waals surface area (Å²) in [5, 5.41) is 0. The smallest absolute Gasteiger partial charge is 0.254 e. The predicted octanol–water partition coefficient (Wildman–Crippen LogP) is 3.29. The van der Waals surface area contributed by atoms with Crippen molar-refractivity contribution in [3.8, 4) is 0 Å². The summed E-state index contributed by atoms with van der Waals surface area (Å²) in [6, 6.07) is 17.0. The fraction of sp³-hybridized carbons (Fsp3) is 0.263. The highest BCUT2D eigenvalue weighted by Crippen LogP contribution is 2.31. The number of carbonyl (C=O) groups excluding carboxylic acids is 2. The number of rotatable bonds is 3. The molecular formula is C19H20N2O2S. The molecular weight excluding hydrogens is 320 g/mol. The highest BCUT2D eigenvalue weighted by atomic mass is 32.2. The van der Waals surface area contributed by atoms with Gasteiger partial charge in [0.25, 0.3) is 5.91 Å². The third-order valence-electron chi connectivity index (χ3n) is 4.17. The second kappa shape index (κ2) is 7.09. The van der Waals surface area contributed by atoms with E-state index in [9.17, 15) is 9.59 Å². The Bertz CT molecular complexity index is 748. The minimum Gasteiger partial charge on any atom is -0.327 e. The molecule has 124 valence electrons. The van der Waals surface area contributed by atoms with Crippen LogP contribution in [-0.2, 0) is 4.79 Å². The number of anilines is 1. The molecule has 2 aromatic carbocycles. The summed E-state index contributed by atoms with van der Waals surface area (Å²) in [7, 11) is 0. The highest BCUT2D eigenvalue weighted by Gasteiger charge is 2.34. The van der Waals surface area contributed by atoms with Crippen LogP contribution in [0.4, 0.5) is 5.69 Å². The average molecular weight is 340 g/mol. The molecule has 0 aliphatic carbocycles. The first-order chi connectivity index (χ1) is 11.6. The summed E-state index contributed by atoms with van der Waals surface area (Å²) < 4.78 is 0. The van der Waals surface area contributed by atoms with Gasteiger partial charge >= 0.3 is 0 Å². The van der Waals surface area contributed by atoms with Crippen molar-refractivity contribution in [2.45, 2.75) is 17.9 Å². The van der Waals surface area contributed by atoms with Crippen LogP contribution in [0.15, 0.2) is 59.5 Å². The second-order valence-corrected chi connectivity index (χ2v) is 6.68. The van der Waals surface area contributed by atoms with E-state index in [1.807, 2.05) is 60.5 Å². The van der Waals surface area contributed by atoms with E-state index in [4.69, 9.17) is 0 Å². The van der Waals surface area contributed by atoms with E-state index < -0.39 is 0 Å². The third-order valence-corrected chi connectivity index (χ3v) is 4.96. The molecule has 1 unspecified atom stereocenters. The maximum Gasteiger partial charge on any atom is 0.254 e. The van der Waals surface area contributed by atoms with Crippen LogP contribution in [0.3, 0.4) is 0 Å². The fourth-order valence-corrected chi connectivity index (χ4v) is 3.66. The number of piperazine rings is 1. The van der Waals surface area contributed by atoms with Gasteiger partial charge in [-0.1, -0.05) is 30.3 Å². The minimum atomic E-state index is -0.0893. The first kappa shape index (κ1) is 16.6. The molecule has 3 rings (SSSR count). The Hall–Kier alpha value is -2.27. The van der Waals surface area contributed by atoms with Gasteiger partial charge in [0.15, 0.2) is 0 Å². The van der Waals surface area contributed by atoms with Crippen LogP contribution in [0.5, 0.6) is 0 Å². The largest absolute Gasteiger partial charge is 0.327 e.